The molecule has 1 unspecified atom stereocenters. The van der Waals surface area contributed by atoms with Crippen LogP contribution in [-0.2, 0) is 0 Å². The van der Waals surface area contributed by atoms with Crippen LogP contribution in [0.25, 0.3) is 0 Å². The highest BCUT2D eigenvalue weighted by molar-refractivity contribution is 5.39. The van der Waals surface area contributed by atoms with Gasteiger partial charge in [-0.15, -0.1) is 0 Å². The van der Waals surface area contributed by atoms with E-state index in [0.29, 0.717) is 0 Å². The van der Waals surface area contributed by atoms with Gasteiger partial charge in [-0.1, -0.05) is 19.1 Å². The van der Waals surface area contributed by atoms with E-state index >= 15 is 0 Å². The zero-order valence-electron chi connectivity index (χ0n) is 14.3. The van der Waals surface area contributed by atoms with Crippen molar-refractivity contribution in [3.63, 3.8) is 0 Å². The number of piperazine rings is 1. The molecular formula is C18H30N2O2. The second-order valence-corrected chi connectivity index (χ2v) is 6.13. The molecule has 0 radical (unpaired) electrons. The summed E-state index contributed by atoms with van der Waals surface area (Å²) in [5, 5.41) is 0. The minimum Gasteiger partial charge on any atom is -0.490 e. The molecule has 124 valence electrons. The Balaban J connectivity index is 1.72. The zero-order valence-corrected chi connectivity index (χ0v) is 14.3. The Labute approximate surface area is 135 Å². The van der Waals surface area contributed by atoms with E-state index in [1.54, 1.807) is 0 Å². The molecule has 1 aromatic carbocycles. The van der Waals surface area contributed by atoms with Gasteiger partial charge in [0.1, 0.15) is 0 Å². The number of rotatable bonds is 8. The van der Waals surface area contributed by atoms with Gasteiger partial charge in [-0.05, 0) is 38.9 Å². The third-order valence-electron chi connectivity index (χ3n) is 4.22. The first-order chi connectivity index (χ1) is 10.7. The van der Waals surface area contributed by atoms with Crippen LogP contribution >= 0.6 is 0 Å². The molecule has 0 aromatic heterocycles. The van der Waals surface area contributed by atoms with Crippen LogP contribution in [0, 0.1) is 0 Å². The van der Waals surface area contributed by atoms with Crippen molar-refractivity contribution in [2.75, 3.05) is 46.4 Å². The van der Waals surface area contributed by atoms with Gasteiger partial charge in [-0.3, -0.25) is 0 Å². The van der Waals surface area contributed by atoms with Crippen molar-refractivity contribution in [3.8, 4) is 11.5 Å². The number of benzene rings is 1. The Bertz CT molecular complexity index is 431. The highest BCUT2D eigenvalue weighted by atomic mass is 16.5. The lowest BCUT2D eigenvalue weighted by Gasteiger charge is -2.32. The quantitative estimate of drug-likeness (QED) is 0.690. The van der Waals surface area contributed by atoms with Crippen molar-refractivity contribution < 1.29 is 9.47 Å². The summed E-state index contributed by atoms with van der Waals surface area (Å²) in [6.45, 7) is 10.8. The molecule has 4 heteroatoms. The van der Waals surface area contributed by atoms with E-state index in [9.17, 15) is 0 Å². The smallest absolute Gasteiger partial charge is 0.161 e. The van der Waals surface area contributed by atoms with Gasteiger partial charge in [0, 0.05) is 32.7 Å². The summed E-state index contributed by atoms with van der Waals surface area (Å²) in [4.78, 5) is 4.90. The standard InChI is InChI=1S/C18H30N2O2/c1-4-16(2)22-18-9-6-5-8-17(18)21-15-7-10-20-13-11-19(3)12-14-20/h5-6,8-9,16H,4,7,10-15H2,1-3H3. The van der Waals surface area contributed by atoms with Crippen LogP contribution in [0.4, 0.5) is 0 Å². The summed E-state index contributed by atoms with van der Waals surface area (Å²) in [5.41, 5.74) is 0. The first kappa shape index (κ1) is 17.1. The van der Waals surface area contributed by atoms with Crippen molar-refractivity contribution in [3.05, 3.63) is 24.3 Å². The minimum atomic E-state index is 0.218. The Morgan fingerprint density at radius 2 is 1.77 bits per heavy atom. The monoisotopic (exact) mass is 306 g/mol. The van der Waals surface area contributed by atoms with E-state index < -0.39 is 0 Å². The van der Waals surface area contributed by atoms with Crippen LogP contribution in [0.3, 0.4) is 0 Å². The largest absolute Gasteiger partial charge is 0.490 e. The second kappa shape index (κ2) is 9.01. The third kappa shape index (κ3) is 5.50. The molecular weight excluding hydrogens is 276 g/mol. The Kier molecular flexibility index (Phi) is 7.00. The van der Waals surface area contributed by atoms with Crippen LogP contribution in [0.1, 0.15) is 26.7 Å². The first-order valence-electron chi connectivity index (χ1n) is 8.48. The van der Waals surface area contributed by atoms with E-state index in [4.69, 9.17) is 9.47 Å². The molecule has 0 aliphatic carbocycles. The Hall–Kier alpha value is -1.26. The lowest BCUT2D eigenvalue weighted by molar-refractivity contribution is 0.144. The SMILES string of the molecule is CCC(C)Oc1ccccc1OCCCN1CCN(C)CC1. The molecule has 1 aromatic rings. The Morgan fingerprint density at radius 1 is 1.09 bits per heavy atom. The van der Waals surface area contributed by atoms with E-state index in [0.717, 1.165) is 37.5 Å². The number of nitrogens with zero attached hydrogens (tertiary/aromatic N) is 2. The van der Waals surface area contributed by atoms with Gasteiger partial charge >= 0.3 is 0 Å². The molecule has 0 spiro atoms. The van der Waals surface area contributed by atoms with Crippen LogP contribution in [0.5, 0.6) is 11.5 Å². The molecule has 22 heavy (non-hydrogen) atoms. The molecule has 0 N–H and O–H groups in total. The van der Waals surface area contributed by atoms with Gasteiger partial charge in [0.05, 0.1) is 12.7 Å². The number of para-hydroxylation sites is 2. The molecule has 0 amide bonds. The minimum absolute atomic E-state index is 0.218. The molecule has 1 aliphatic heterocycles. The maximum absolute atomic E-state index is 5.93. The normalized spacial score (nSPS) is 18.1. The molecule has 1 fully saturated rings. The summed E-state index contributed by atoms with van der Waals surface area (Å²) in [6.07, 6.45) is 2.27. The van der Waals surface area contributed by atoms with E-state index in [-0.39, 0.29) is 6.10 Å². The van der Waals surface area contributed by atoms with Crippen molar-refractivity contribution in [2.24, 2.45) is 0 Å². The molecule has 4 nitrogen and oxygen atoms in total. The summed E-state index contributed by atoms with van der Waals surface area (Å²) in [5.74, 6) is 1.72. The average Bonchev–Trinajstić information content (AvgIpc) is 2.54. The van der Waals surface area contributed by atoms with Gasteiger partial charge in [0.25, 0.3) is 0 Å². The molecule has 2 rings (SSSR count). The van der Waals surface area contributed by atoms with E-state index in [1.807, 2.05) is 24.3 Å². The predicted molar refractivity (Wildman–Crippen MR) is 90.9 cm³/mol. The van der Waals surface area contributed by atoms with E-state index in [1.165, 1.54) is 26.2 Å². The van der Waals surface area contributed by atoms with Gasteiger partial charge in [0.15, 0.2) is 11.5 Å². The number of likely N-dealkylation sites (N-methyl/N-ethyl adjacent to an activating group) is 1. The number of hydrogen-bond acceptors (Lipinski definition) is 4. The third-order valence-corrected chi connectivity index (χ3v) is 4.22. The summed E-state index contributed by atoms with van der Waals surface area (Å²) >= 11 is 0. The highest BCUT2D eigenvalue weighted by Gasteiger charge is 2.13. The van der Waals surface area contributed by atoms with Crippen LogP contribution in [0.2, 0.25) is 0 Å². The van der Waals surface area contributed by atoms with Crippen molar-refractivity contribution in [2.45, 2.75) is 32.8 Å². The second-order valence-electron chi connectivity index (χ2n) is 6.13. The summed E-state index contributed by atoms with van der Waals surface area (Å²) in [7, 11) is 2.19. The fourth-order valence-electron chi connectivity index (χ4n) is 2.51. The average molecular weight is 306 g/mol. The number of ether oxygens (including phenoxy) is 2. The van der Waals surface area contributed by atoms with Gasteiger partial charge < -0.3 is 19.3 Å². The first-order valence-corrected chi connectivity index (χ1v) is 8.48. The topological polar surface area (TPSA) is 24.9 Å². The van der Waals surface area contributed by atoms with E-state index in [2.05, 4.69) is 30.7 Å². The number of hydrogen-bond donors (Lipinski definition) is 0. The molecule has 0 saturated carbocycles. The fraction of sp³-hybridized carbons (Fsp3) is 0.667. The van der Waals surface area contributed by atoms with Gasteiger partial charge in [0.2, 0.25) is 0 Å². The lowest BCUT2D eigenvalue weighted by Crippen LogP contribution is -2.44. The van der Waals surface area contributed by atoms with Gasteiger partial charge in [-0.2, -0.15) is 0 Å². The van der Waals surface area contributed by atoms with Crippen LogP contribution in [0.15, 0.2) is 24.3 Å². The fourth-order valence-corrected chi connectivity index (χ4v) is 2.51. The van der Waals surface area contributed by atoms with Crippen molar-refractivity contribution in [1.82, 2.24) is 9.80 Å². The van der Waals surface area contributed by atoms with Gasteiger partial charge in [-0.25, -0.2) is 0 Å². The van der Waals surface area contributed by atoms with Crippen LogP contribution < -0.4 is 9.47 Å². The lowest BCUT2D eigenvalue weighted by atomic mass is 10.3. The van der Waals surface area contributed by atoms with Crippen molar-refractivity contribution in [1.29, 1.82) is 0 Å². The summed E-state index contributed by atoms with van der Waals surface area (Å²) < 4.78 is 11.8. The maximum Gasteiger partial charge on any atom is 0.161 e. The molecule has 0 bridgehead atoms. The summed E-state index contributed by atoms with van der Waals surface area (Å²) in [6, 6.07) is 7.98. The Morgan fingerprint density at radius 3 is 2.45 bits per heavy atom. The molecule has 1 heterocycles. The van der Waals surface area contributed by atoms with Crippen LogP contribution in [-0.4, -0.2) is 62.3 Å². The molecule has 1 aliphatic rings. The van der Waals surface area contributed by atoms with Crippen molar-refractivity contribution >= 4 is 0 Å². The molecule has 1 atom stereocenters. The predicted octanol–water partition coefficient (Wildman–Crippen LogP) is 2.88. The highest BCUT2D eigenvalue weighted by Crippen LogP contribution is 2.27. The zero-order chi connectivity index (χ0) is 15.8. The maximum atomic E-state index is 5.93. The molecule has 1 saturated heterocycles.